The van der Waals surface area contributed by atoms with Gasteiger partial charge in [0.15, 0.2) is 0 Å². The van der Waals surface area contributed by atoms with E-state index in [4.69, 9.17) is 11.6 Å². The van der Waals surface area contributed by atoms with Crippen LogP contribution in [0.15, 0.2) is 18.3 Å². The van der Waals surface area contributed by atoms with E-state index in [2.05, 4.69) is 9.72 Å². The number of esters is 1. The van der Waals surface area contributed by atoms with Crippen LogP contribution >= 0.6 is 11.6 Å². The fraction of sp³-hybridized carbons (Fsp3) is 0.400. The van der Waals surface area contributed by atoms with Crippen molar-refractivity contribution in [3.63, 3.8) is 0 Å². The van der Waals surface area contributed by atoms with Gasteiger partial charge in [-0.2, -0.15) is 0 Å². The summed E-state index contributed by atoms with van der Waals surface area (Å²) in [4.78, 5) is 14.7. The standard InChI is InChI=1S/C10H12ClNO4/c1-16-8(14)5-7(13)10(15)9-6(11)3-2-4-12-9/h2-4,7,10,13,15H,5H2,1H3. The number of rotatable bonds is 4. The summed E-state index contributed by atoms with van der Waals surface area (Å²) in [7, 11) is 1.20. The van der Waals surface area contributed by atoms with E-state index in [9.17, 15) is 15.0 Å². The molecule has 1 rings (SSSR count). The number of pyridine rings is 1. The molecule has 5 nitrogen and oxygen atoms in total. The molecule has 0 aromatic carbocycles. The minimum Gasteiger partial charge on any atom is -0.469 e. The Balaban J connectivity index is 2.74. The molecule has 0 aliphatic heterocycles. The highest BCUT2D eigenvalue weighted by Crippen LogP contribution is 2.23. The van der Waals surface area contributed by atoms with Gasteiger partial charge in [0, 0.05) is 6.20 Å². The number of carbonyl (C=O) groups is 1. The number of hydrogen-bond donors (Lipinski definition) is 2. The van der Waals surface area contributed by atoms with Gasteiger partial charge in [-0.15, -0.1) is 0 Å². The van der Waals surface area contributed by atoms with Crippen molar-refractivity contribution in [2.45, 2.75) is 18.6 Å². The summed E-state index contributed by atoms with van der Waals surface area (Å²) in [5.74, 6) is -0.612. The van der Waals surface area contributed by atoms with Crippen LogP contribution in [0.4, 0.5) is 0 Å². The van der Waals surface area contributed by atoms with Crippen molar-refractivity contribution >= 4 is 17.6 Å². The molecule has 0 spiro atoms. The molecule has 0 fully saturated rings. The van der Waals surface area contributed by atoms with E-state index >= 15 is 0 Å². The average molecular weight is 246 g/mol. The maximum absolute atomic E-state index is 10.9. The van der Waals surface area contributed by atoms with Crippen LogP contribution < -0.4 is 0 Å². The first-order valence-electron chi connectivity index (χ1n) is 4.59. The maximum atomic E-state index is 10.9. The Morgan fingerprint density at radius 2 is 2.31 bits per heavy atom. The number of carbonyl (C=O) groups excluding carboxylic acids is 1. The molecular weight excluding hydrogens is 234 g/mol. The first kappa shape index (κ1) is 12.9. The van der Waals surface area contributed by atoms with Gasteiger partial charge in [0.05, 0.1) is 30.4 Å². The second kappa shape index (κ2) is 5.79. The Hall–Kier alpha value is -1.17. The Morgan fingerprint density at radius 1 is 1.62 bits per heavy atom. The summed E-state index contributed by atoms with van der Waals surface area (Å²) in [6.07, 6.45) is -1.48. The molecule has 16 heavy (non-hydrogen) atoms. The number of nitrogens with zero attached hydrogens (tertiary/aromatic N) is 1. The molecule has 0 amide bonds. The van der Waals surface area contributed by atoms with Crippen LogP contribution in [0.5, 0.6) is 0 Å². The molecule has 0 bridgehead atoms. The highest BCUT2D eigenvalue weighted by molar-refractivity contribution is 6.31. The number of ether oxygens (including phenoxy) is 1. The topological polar surface area (TPSA) is 79.7 Å². The molecule has 0 radical (unpaired) electrons. The zero-order chi connectivity index (χ0) is 12.1. The Kier molecular flexibility index (Phi) is 4.67. The van der Waals surface area contributed by atoms with E-state index in [1.54, 1.807) is 6.07 Å². The summed E-state index contributed by atoms with van der Waals surface area (Å²) in [5, 5.41) is 19.5. The second-order valence-electron chi connectivity index (χ2n) is 3.16. The Morgan fingerprint density at radius 3 is 2.88 bits per heavy atom. The quantitative estimate of drug-likeness (QED) is 0.763. The highest BCUT2D eigenvalue weighted by Gasteiger charge is 2.24. The van der Waals surface area contributed by atoms with Gasteiger partial charge >= 0.3 is 5.97 Å². The molecule has 6 heteroatoms. The van der Waals surface area contributed by atoms with Gasteiger partial charge in [-0.05, 0) is 12.1 Å². The van der Waals surface area contributed by atoms with Crippen LogP contribution in [0.3, 0.4) is 0 Å². The fourth-order valence-corrected chi connectivity index (χ4v) is 1.40. The minimum absolute atomic E-state index is 0.139. The largest absolute Gasteiger partial charge is 0.469 e. The summed E-state index contributed by atoms with van der Waals surface area (Å²) in [5.41, 5.74) is 0.139. The van der Waals surface area contributed by atoms with E-state index < -0.39 is 18.2 Å². The van der Waals surface area contributed by atoms with E-state index in [0.717, 1.165) is 0 Å². The lowest BCUT2D eigenvalue weighted by atomic mass is 10.1. The number of aliphatic hydroxyl groups is 2. The van der Waals surface area contributed by atoms with Gasteiger partial charge in [-0.1, -0.05) is 11.6 Å². The zero-order valence-electron chi connectivity index (χ0n) is 8.63. The van der Waals surface area contributed by atoms with Gasteiger partial charge in [-0.25, -0.2) is 0 Å². The normalized spacial score (nSPS) is 14.2. The van der Waals surface area contributed by atoms with Crippen molar-refractivity contribution in [1.29, 1.82) is 0 Å². The van der Waals surface area contributed by atoms with E-state index in [1.807, 2.05) is 0 Å². The van der Waals surface area contributed by atoms with Crippen LogP contribution in [-0.4, -0.2) is 34.4 Å². The first-order chi connectivity index (χ1) is 7.56. The van der Waals surface area contributed by atoms with Crippen molar-refractivity contribution < 1.29 is 19.7 Å². The zero-order valence-corrected chi connectivity index (χ0v) is 9.39. The molecule has 88 valence electrons. The predicted octanol–water partition coefficient (Wildman–Crippen LogP) is 0.692. The van der Waals surface area contributed by atoms with Crippen LogP contribution in [0.2, 0.25) is 5.02 Å². The SMILES string of the molecule is COC(=O)CC(O)C(O)c1ncccc1Cl. The number of aromatic nitrogens is 1. The number of methoxy groups -OCH3 is 1. The highest BCUT2D eigenvalue weighted by atomic mass is 35.5. The van der Waals surface area contributed by atoms with Crippen LogP contribution in [-0.2, 0) is 9.53 Å². The molecule has 0 aliphatic rings. The molecule has 2 atom stereocenters. The number of hydrogen-bond acceptors (Lipinski definition) is 5. The van der Waals surface area contributed by atoms with E-state index in [0.29, 0.717) is 0 Å². The molecule has 0 saturated heterocycles. The molecule has 1 aromatic heterocycles. The third-order valence-corrected chi connectivity index (χ3v) is 2.35. The summed E-state index contributed by atoms with van der Waals surface area (Å²) >= 11 is 5.78. The van der Waals surface area contributed by atoms with Gasteiger partial charge < -0.3 is 14.9 Å². The summed E-state index contributed by atoms with van der Waals surface area (Å²) in [6.45, 7) is 0. The molecule has 1 heterocycles. The lowest BCUT2D eigenvalue weighted by molar-refractivity contribution is -0.144. The predicted molar refractivity (Wildman–Crippen MR) is 56.8 cm³/mol. The Bertz CT molecular complexity index is 372. The second-order valence-corrected chi connectivity index (χ2v) is 3.57. The van der Waals surface area contributed by atoms with Gasteiger partial charge in [-0.3, -0.25) is 9.78 Å². The lowest BCUT2D eigenvalue weighted by Gasteiger charge is -2.16. The first-order valence-corrected chi connectivity index (χ1v) is 4.97. The van der Waals surface area contributed by atoms with E-state index in [-0.39, 0.29) is 17.1 Å². The molecule has 2 N–H and O–H groups in total. The third-order valence-electron chi connectivity index (χ3n) is 2.04. The summed E-state index contributed by atoms with van der Waals surface area (Å²) < 4.78 is 4.37. The van der Waals surface area contributed by atoms with Crippen LogP contribution in [0.1, 0.15) is 18.2 Å². The third kappa shape index (κ3) is 3.16. The average Bonchev–Trinajstić information content (AvgIpc) is 2.28. The van der Waals surface area contributed by atoms with Gasteiger partial charge in [0.25, 0.3) is 0 Å². The molecule has 1 aromatic rings. The fourth-order valence-electron chi connectivity index (χ4n) is 1.16. The minimum atomic E-state index is -1.31. The van der Waals surface area contributed by atoms with Crippen LogP contribution in [0, 0.1) is 0 Å². The number of halogens is 1. The molecule has 0 aliphatic carbocycles. The monoisotopic (exact) mass is 245 g/mol. The maximum Gasteiger partial charge on any atom is 0.308 e. The van der Waals surface area contributed by atoms with Crippen molar-refractivity contribution in [2.24, 2.45) is 0 Å². The van der Waals surface area contributed by atoms with Crippen molar-refractivity contribution in [3.05, 3.63) is 29.0 Å². The number of aliphatic hydroxyl groups excluding tert-OH is 2. The van der Waals surface area contributed by atoms with Crippen molar-refractivity contribution in [3.8, 4) is 0 Å². The smallest absolute Gasteiger partial charge is 0.308 e. The van der Waals surface area contributed by atoms with Crippen LogP contribution in [0.25, 0.3) is 0 Å². The van der Waals surface area contributed by atoms with Crippen molar-refractivity contribution in [1.82, 2.24) is 4.98 Å². The molecule has 2 unspecified atom stereocenters. The van der Waals surface area contributed by atoms with Gasteiger partial charge in [0.2, 0.25) is 0 Å². The molecule has 0 saturated carbocycles. The van der Waals surface area contributed by atoms with Gasteiger partial charge in [0.1, 0.15) is 6.10 Å². The lowest BCUT2D eigenvalue weighted by Crippen LogP contribution is -2.23. The van der Waals surface area contributed by atoms with E-state index in [1.165, 1.54) is 19.4 Å². The summed E-state index contributed by atoms with van der Waals surface area (Å²) in [6, 6.07) is 3.14. The van der Waals surface area contributed by atoms with Crippen molar-refractivity contribution in [2.75, 3.05) is 7.11 Å². The Labute approximate surface area is 97.6 Å². The molecular formula is C10H12ClNO4.